The van der Waals surface area contributed by atoms with Crippen molar-refractivity contribution in [3.05, 3.63) is 18.0 Å². The highest BCUT2D eigenvalue weighted by Gasteiger charge is 2.21. The van der Waals surface area contributed by atoms with Gasteiger partial charge in [0.15, 0.2) is 0 Å². The Morgan fingerprint density at radius 1 is 1.43 bits per heavy atom. The number of carbonyl (C=O) groups excluding carboxylic acids is 1. The van der Waals surface area contributed by atoms with Gasteiger partial charge in [-0.2, -0.15) is 0 Å². The van der Waals surface area contributed by atoms with E-state index in [1.54, 1.807) is 0 Å². The number of nitrogens with two attached hydrogens (primary N) is 1. The summed E-state index contributed by atoms with van der Waals surface area (Å²) in [6.07, 6.45) is -1.22. The Hall–Kier alpha value is -1.48. The van der Waals surface area contributed by atoms with Gasteiger partial charge in [-0.1, -0.05) is 13.8 Å². The van der Waals surface area contributed by atoms with E-state index in [4.69, 9.17) is 9.88 Å². The molecule has 0 atom stereocenters. The van der Waals surface area contributed by atoms with Gasteiger partial charge >= 0.3 is 5.97 Å². The molecule has 0 saturated carbocycles. The largest absolute Gasteiger partial charge is 0.461 e. The molecule has 0 aliphatic rings. The molecule has 2 N–H and O–H groups in total. The fraction of sp³-hybridized carbons (Fsp3) is 0.583. The molecule has 1 heterocycles. The first kappa shape index (κ1) is 17.6. The predicted molar refractivity (Wildman–Crippen MR) is 71.5 cm³/mol. The number of rotatable bonds is 7. The summed E-state index contributed by atoms with van der Waals surface area (Å²) < 4.78 is 53.2. The topological polar surface area (TPSA) is 91.4 Å². The summed E-state index contributed by atoms with van der Waals surface area (Å²) in [5.74, 6) is -0.545. The zero-order valence-electron chi connectivity index (χ0n) is 11.8. The number of halogens is 2. The average molecular weight is 324 g/mol. The minimum atomic E-state index is -4.08. The molecule has 1 aromatic heterocycles. The van der Waals surface area contributed by atoms with Gasteiger partial charge in [-0.25, -0.2) is 27.1 Å². The first-order chi connectivity index (χ1) is 9.61. The molecule has 6 nitrogen and oxygen atoms in total. The SMILES string of the molecule is CC(C)CCOC(=O)c1cc(S(N)(=O)=O)cn1CC(F)F. The summed E-state index contributed by atoms with van der Waals surface area (Å²) in [5.41, 5.74) is -0.261. The number of aromatic nitrogens is 1. The summed E-state index contributed by atoms with van der Waals surface area (Å²) in [6, 6.07) is 0.940. The molecule has 0 aliphatic heterocycles. The number of sulfonamides is 1. The highest BCUT2D eigenvalue weighted by atomic mass is 32.2. The van der Waals surface area contributed by atoms with Crippen LogP contribution in [0.25, 0.3) is 0 Å². The number of alkyl halides is 2. The van der Waals surface area contributed by atoms with E-state index in [0.29, 0.717) is 12.3 Å². The Morgan fingerprint density at radius 3 is 2.52 bits per heavy atom. The van der Waals surface area contributed by atoms with Gasteiger partial charge in [0.05, 0.1) is 13.2 Å². The molecular weight excluding hydrogens is 306 g/mol. The normalized spacial score (nSPS) is 12.1. The number of hydrogen-bond donors (Lipinski definition) is 1. The summed E-state index contributed by atoms with van der Waals surface area (Å²) in [6.45, 7) is 3.18. The molecule has 9 heteroatoms. The van der Waals surface area contributed by atoms with E-state index < -0.39 is 33.9 Å². The predicted octanol–water partition coefficient (Wildman–Crippen LogP) is 1.60. The molecule has 120 valence electrons. The van der Waals surface area contributed by atoms with Gasteiger partial charge < -0.3 is 9.30 Å². The molecule has 0 fully saturated rings. The van der Waals surface area contributed by atoms with Crippen molar-refractivity contribution in [1.82, 2.24) is 4.57 Å². The van der Waals surface area contributed by atoms with Gasteiger partial charge in [-0.3, -0.25) is 0 Å². The Balaban J connectivity index is 2.97. The zero-order chi connectivity index (χ0) is 16.2. The van der Waals surface area contributed by atoms with Crippen molar-refractivity contribution in [3.8, 4) is 0 Å². The van der Waals surface area contributed by atoms with Crippen LogP contribution in [-0.2, 0) is 21.3 Å². The van der Waals surface area contributed by atoms with Crippen LogP contribution in [0.5, 0.6) is 0 Å². The molecule has 1 rings (SSSR count). The van der Waals surface area contributed by atoms with E-state index in [1.165, 1.54) is 0 Å². The molecule has 0 unspecified atom stereocenters. The Morgan fingerprint density at radius 2 is 2.05 bits per heavy atom. The Labute approximate surface area is 121 Å². The summed E-state index contributed by atoms with van der Waals surface area (Å²) in [5, 5.41) is 4.93. The second-order valence-corrected chi connectivity index (χ2v) is 6.53. The third-order valence-electron chi connectivity index (χ3n) is 2.67. The van der Waals surface area contributed by atoms with E-state index in [0.717, 1.165) is 16.8 Å². The zero-order valence-corrected chi connectivity index (χ0v) is 12.6. The number of ether oxygens (including phenoxy) is 1. The van der Waals surface area contributed by atoms with Crippen LogP contribution in [0.4, 0.5) is 8.78 Å². The maximum atomic E-state index is 12.5. The van der Waals surface area contributed by atoms with Crippen LogP contribution in [-0.4, -0.2) is 32.0 Å². The third kappa shape index (κ3) is 5.43. The second kappa shape index (κ2) is 6.99. The van der Waals surface area contributed by atoms with E-state index in [1.807, 2.05) is 13.8 Å². The average Bonchev–Trinajstić information content (AvgIpc) is 2.71. The first-order valence-electron chi connectivity index (χ1n) is 6.29. The van der Waals surface area contributed by atoms with E-state index in [2.05, 4.69) is 0 Å². The Bertz CT molecular complexity index is 596. The molecule has 0 bridgehead atoms. The molecule has 0 aliphatic carbocycles. The third-order valence-corrected chi connectivity index (χ3v) is 3.55. The molecule has 0 radical (unpaired) electrons. The van der Waals surface area contributed by atoms with Gasteiger partial charge in [0.25, 0.3) is 6.43 Å². The smallest absolute Gasteiger partial charge is 0.354 e. The maximum absolute atomic E-state index is 12.5. The van der Waals surface area contributed by atoms with Crippen molar-refractivity contribution < 1.29 is 26.7 Å². The lowest BCUT2D eigenvalue weighted by atomic mass is 10.1. The monoisotopic (exact) mass is 324 g/mol. The van der Waals surface area contributed by atoms with E-state index in [-0.39, 0.29) is 12.3 Å². The molecule has 0 aromatic carbocycles. The number of primary sulfonamides is 1. The highest BCUT2D eigenvalue weighted by molar-refractivity contribution is 7.89. The van der Waals surface area contributed by atoms with E-state index >= 15 is 0 Å². The highest BCUT2D eigenvalue weighted by Crippen LogP contribution is 2.16. The summed E-state index contributed by atoms with van der Waals surface area (Å²) in [4.78, 5) is 11.4. The van der Waals surface area contributed by atoms with Crippen molar-refractivity contribution in [3.63, 3.8) is 0 Å². The van der Waals surface area contributed by atoms with Crippen molar-refractivity contribution >= 4 is 16.0 Å². The van der Waals surface area contributed by atoms with E-state index in [9.17, 15) is 22.0 Å². The maximum Gasteiger partial charge on any atom is 0.354 e. The number of nitrogens with zero attached hydrogens (tertiary/aromatic N) is 1. The van der Waals surface area contributed by atoms with Gasteiger partial charge in [-0.15, -0.1) is 0 Å². The van der Waals surface area contributed by atoms with Crippen LogP contribution < -0.4 is 5.14 Å². The van der Waals surface area contributed by atoms with Gasteiger partial charge in [0, 0.05) is 6.20 Å². The molecule has 0 amide bonds. The number of esters is 1. The quantitative estimate of drug-likeness (QED) is 0.771. The molecule has 0 saturated heterocycles. The second-order valence-electron chi connectivity index (χ2n) is 4.97. The lowest BCUT2D eigenvalue weighted by molar-refractivity contribution is 0.0468. The van der Waals surface area contributed by atoms with Crippen molar-refractivity contribution in [1.29, 1.82) is 0 Å². The van der Waals surface area contributed by atoms with Crippen LogP contribution >= 0.6 is 0 Å². The number of hydrogen-bond acceptors (Lipinski definition) is 4. The van der Waals surface area contributed by atoms with Crippen LogP contribution in [0.15, 0.2) is 17.2 Å². The van der Waals surface area contributed by atoms with Crippen LogP contribution in [0, 0.1) is 5.92 Å². The molecule has 21 heavy (non-hydrogen) atoms. The summed E-state index contributed by atoms with van der Waals surface area (Å²) in [7, 11) is -4.08. The van der Waals surface area contributed by atoms with Crippen molar-refractivity contribution in [2.24, 2.45) is 11.1 Å². The minimum absolute atomic E-state index is 0.126. The lowest BCUT2D eigenvalue weighted by Crippen LogP contribution is -2.16. The molecule has 0 spiro atoms. The summed E-state index contributed by atoms with van der Waals surface area (Å²) >= 11 is 0. The van der Waals surface area contributed by atoms with Crippen LogP contribution in [0.1, 0.15) is 30.8 Å². The fourth-order valence-electron chi connectivity index (χ4n) is 1.57. The molecular formula is C12H18F2N2O4S. The standard InChI is InChI=1S/C12H18F2N2O4S/c1-8(2)3-4-20-12(17)10-5-9(21(15,18)19)6-16(10)7-11(13)14/h5-6,8,11H,3-4,7H2,1-2H3,(H2,15,18,19). The first-order valence-corrected chi connectivity index (χ1v) is 7.84. The van der Waals surface area contributed by atoms with Gasteiger partial charge in [0.2, 0.25) is 10.0 Å². The van der Waals surface area contributed by atoms with Gasteiger partial charge in [0.1, 0.15) is 10.6 Å². The minimum Gasteiger partial charge on any atom is -0.461 e. The fourth-order valence-corrected chi connectivity index (χ4v) is 2.12. The van der Waals surface area contributed by atoms with Gasteiger partial charge in [-0.05, 0) is 18.4 Å². The van der Waals surface area contributed by atoms with Crippen LogP contribution in [0.2, 0.25) is 0 Å². The lowest BCUT2D eigenvalue weighted by Gasteiger charge is -2.09. The number of carbonyl (C=O) groups is 1. The molecule has 1 aromatic rings. The van der Waals surface area contributed by atoms with Crippen LogP contribution in [0.3, 0.4) is 0 Å². The van der Waals surface area contributed by atoms with Crippen molar-refractivity contribution in [2.75, 3.05) is 6.61 Å². The van der Waals surface area contributed by atoms with Crippen molar-refractivity contribution in [2.45, 2.75) is 38.1 Å². The Kier molecular flexibility index (Phi) is 5.85.